The van der Waals surface area contributed by atoms with Crippen LogP contribution in [0.1, 0.15) is 11.1 Å². The molecule has 0 aliphatic heterocycles. The van der Waals surface area contributed by atoms with Crippen LogP contribution in [0.4, 0.5) is 0 Å². The highest BCUT2D eigenvalue weighted by molar-refractivity contribution is 6.30. The van der Waals surface area contributed by atoms with Crippen molar-refractivity contribution in [1.82, 2.24) is 9.38 Å². The van der Waals surface area contributed by atoms with Crippen LogP contribution in [0.3, 0.4) is 0 Å². The van der Waals surface area contributed by atoms with Crippen molar-refractivity contribution in [2.24, 2.45) is 0 Å². The highest BCUT2D eigenvalue weighted by Gasteiger charge is 2.21. The molecule has 5 aromatic rings. The standard InChI is InChI=1S/C27H19Cl2N3O3/c1-17-5-8-21(9-6-17)35-22-10-12-24-31(15-18-7-11-23(29)30-14-18)26(33)25(27(34)32(24)16-22)19-3-2-4-20(28)13-19/h2-14,16H,15H2,1H3. The van der Waals surface area contributed by atoms with Crippen molar-refractivity contribution < 1.29 is 14.4 Å². The first kappa shape index (κ1) is 22.9. The SMILES string of the molecule is Cc1ccc(Oc2ccc3n(c2)c(=O)c(-c2cccc(Cl)c2)c([O-])[n+]3Cc2ccc(Cl)nc2)cc1. The van der Waals surface area contributed by atoms with Gasteiger partial charge in [-0.05, 0) is 48.9 Å². The topological polar surface area (TPSA) is 70.5 Å². The van der Waals surface area contributed by atoms with Gasteiger partial charge < -0.3 is 9.84 Å². The minimum absolute atomic E-state index is 0.0133. The summed E-state index contributed by atoms with van der Waals surface area (Å²) in [6, 6.07) is 21.1. The van der Waals surface area contributed by atoms with Crippen molar-refractivity contribution in [3.05, 3.63) is 117 Å². The van der Waals surface area contributed by atoms with Crippen LogP contribution < -0.4 is 20.0 Å². The number of nitrogens with zero attached hydrogens (tertiary/aromatic N) is 3. The molecule has 5 rings (SSSR count). The number of aromatic nitrogens is 3. The normalized spacial score (nSPS) is 11.1. The average Bonchev–Trinajstić information content (AvgIpc) is 2.85. The van der Waals surface area contributed by atoms with Crippen molar-refractivity contribution in [3.63, 3.8) is 0 Å². The van der Waals surface area contributed by atoms with Crippen LogP contribution in [0.25, 0.3) is 16.8 Å². The van der Waals surface area contributed by atoms with E-state index in [9.17, 15) is 9.90 Å². The van der Waals surface area contributed by atoms with Gasteiger partial charge in [-0.25, -0.2) is 14.3 Å². The van der Waals surface area contributed by atoms with Crippen molar-refractivity contribution in [3.8, 4) is 28.5 Å². The molecule has 0 amide bonds. The minimum Gasteiger partial charge on any atom is -0.842 e. The second-order valence-electron chi connectivity index (χ2n) is 8.08. The van der Waals surface area contributed by atoms with E-state index in [1.807, 2.05) is 31.2 Å². The van der Waals surface area contributed by atoms with Gasteiger partial charge in [-0.15, -0.1) is 0 Å². The van der Waals surface area contributed by atoms with Gasteiger partial charge in [0.2, 0.25) is 0 Å². The molecule has 0 bridgehead atoms. The molecule has 0 spiro atoms. The van der Waals surface area contributed by atoms with Gasteiger partial charge in [0.05, 0.1) is 5.88 Å². The molecule has 0 N–H and O–H groups in total. The zero-order valence-electron chi connectivity index (χ0n) is 18.6. The molecule has 35 heavy (non-hydrogen) atoms. The van der Waals surface area contributed by atoms with E-state index in [0.29, 0.717) is 32.9 Å². The third-order valence-corrected chi connectivity index (χ3v) is 6.03. The molecule has 0 aliphatic rings. The zero-order valence-corrected chi connectivity index (χ0v) is 20.1. The molecule has 6 nitrogen and oxygen atoms in total. The van der Waals surface area contributed by atoms with Crippen LogP contribution in [0.5, 0.6) is 17.4 Å². The van der Waals surface area contributed by atoms with Gasteiger partial charge in [-0.3, -0.25) is 0 Å². The summed E-state index contributed by atoms with van der Waals surface area (Å²) in [6.45, 7) is 2.19. The monoisotopic (exact) mass is 503 g/mol. The van der Waals surface area contributed by atoms with Gasteiger partial charge in [-0.1, -0.05) is 59.1 Å². The first-order valence-electron chi connectivity index (χ1n) is 10.8. The highest BCUT2D eigenvalue weighted by Crippen LogP contribution is 2.26. The Kier molecular flexibility index (Phi) is 6.16. The molecular weight excluding hydrogens is 485 g/mol. The van der Waals surface area contributed by atoms with Gasteiger partial charge in [0.25, 0.3) is 5.65 Å². The van der Waals surface area contributed by atoms with E-state index in [-0.39, 0.29) is 12.1 Å². The quantitative estimate of drug-likeness (QED) is 0.244. The fourth-order valence-corrected chi connectivity index (χ4v) is 4.14. The Morgan fingerprint density at radius 1 is 1.00 bits per heavy atom. The van der Waals surface area contributed by atoms with Crippen molar-refractivity contribution in [2.45, 2.75) is 13.5 Å². The van der Waals surface area contributed by atoms with Crippen LogP contribution in [0.2, 0.25) is 10.2 Å². The van der Waals surface area contributed by atoms with Crippen LogP contribution in [-0.4, -0.2) is 9.38 Å². The lowest BCUT2D eigenvalue weighted by Crippen LogP contribution is -2.44. The average molecular weight is 504 g/mol. The van der Waals surface area contributed by atoms with Crippen LogP contribution in [-0.2, 0) is 6.54 Å². The number of hydrogen-bond acceptors (Lipinski definition) is 4. The van der Waals surface area contributed by atoms with Crippen LogP contribution in [0, 0.1) is 6.92 Å². The van der Waals surface area contributed by atoms with Gasteiger partial charge in [0, 0.05) is 22.8 Å². The Hall–Kier alpha value is -3.87. The minimum atomic E-state index is -0.466. The molecule has 174 valence electrons. The van der Waals surface area contributed by atoms with Gasteiger partial charge in [0.1, 0.15) is 29.2 Å². The molecule has 0 saturated heterocycles. The third kappa shape index (κ3) is 4.71. The molecule has 0 saturated carbocycles. The summed E-state index contributed by atoms with van der Waals surface area (Å²) in [5.74, 6) is 0.664. The van der Waals surface area contributed by atoms with E-state index in [0.717, 1.165) is 11.1 Å². The van der Waals surface area contributed by atoms with Gasteiger partial charge in [-0.2, -0.15) is 4.40 Å². The predicted molar refractivity (Wildman–Crippen MR) is 133 cm³/mol. The zero-order chi connectivity index (χ0) is 24.5. The number of benzene rings is 2. The summed E-state index contributed by atoms with van der Waals surface area (Å²) in [5, 5.41) is 14.4. The number of fused-ring (bicyclic) bond motifs is 1. The Morgan fingerprint density at radius 2 is 1.77 bits per heavy atom. The first-order chi connectivity index (χ1) is 16.9. The Labute approximate surface area is 211 Å². The van der Waals surface area contributed by atoms with Crippen LogP contribution in [0.15, 0.2) is 90.0 Å². The van der Waals surface area contributed by atoms with Crippen LogP contribution >= 0.6 is 23.2 Å². The number of aryl methyl sites for hydroxylation is 1. The summed E-state index contributed by atoms with van der Waals surface area (Å²) in [6.07, 6.45) is 3.19. The Morgan fingerprint density at radius 3 is 2.49 bits per heavy atom. The second kappa shape index (κ2) is 9.41. The largest absolute Gasteiger partial charge is 0.842 e. The first-order valence-corrected chi connectivity index (χ1v) is 11.5. The van der Waals surface area contributed by atoms with E-state index in [1.54, 1.807) is 60.9 Å². The Bertz CT molecular complexity index is 1600. The molecular formula is C27H19Cl2N3O3. The van der Waals surface area contributed by atoms with E-state index < -0.39 is 11.4 Å². The molecule has 2 aromatic carbocycles. The summed E-state index contributed by atoms with van der Waals surface area (Å²) in [5.41, 5.74) is 2.27. The number of ether oxygens (including phenoxy) is 1. The smallest absolute Gasteiger partial charge is 0.349 e. The molecule has 0 unspecified atom stereocenters. The fourth-order valence-electron chi connectivity index (χ4n) is 3.84. The van der Waals surface area contributed by atoms with Gasteiger partial charge in [0.15, 0.2) is 5.75 Å². The van der Waals surface area contributed by atoms with Gasteiger partial charge >= 0.3 is 5.56 Å². The maximum Gasteiger partial charge on any atom is 0.349 e. The number of pyridine rings is 2. The second-order valence-corrected chi connectivity index (χ2v) is 8.90. The van der Waals surface area contributed by atoms with Crippen molar-refractivity contribution >= 4 is 28.8 Å². The molecule has 0 atom stereocenters. The lowest BCUT2D eigenvalue weighted by molar-refractivity contribution is -0.708. The predicted octanol–water partition coefficient (Wildman–Crippen LogP) is 5.18. The van der Waals surface area contributed by atoms with Crippen molar-refractivity contribution in [1.29, 1.82) is 0 Å². The van der Waals surface area contributed by atoms with E-state index >= 15 is 0 Å². The molecule has 3 aromatic heterocycles. The lowest BCUT2D eigenvalue weighted by Gasteiger charge is -2.17. The van der Waals surface area contributed by atoms with E-state index in [1.165, 1.54) is 8.97 Å². The summed E-state index contributed by atoms with van der Waals surface area (Å²) < 4.78 is 8.92. The summed E-state index contributed by atoms with van der Waals surface area (Å²) in [4.78, 5) is 17.7. The Balaban J connectivity index is 1.70. The number of hydrogen-bond donors (Lipinski definition) is 0. The maximum absolute atomic E-state index is 13.6. The lowest BCUT2D eigenvalue weighted by atomic mass is 10.1. The third-order valence-electron chi connectivity index (χ3n) is 5.57. The summed E-state index contributed by atoms with van der Waals surface area (Å²) in [7, 11) is 0. The fraction of sp³-hybridized carbons (Fsp3) is 0.0741. The molecule has 3 heterocycles. The maximum atomic E-state index is 13.6. The molecule has 8 heteroatoms. The van der Waals surface area contributed by atoms with E-state index in [4.69, 9.17) is 27.9 Å². The summed E-state index contributed by atoms with van der Waals surface area (Å²) >= 11 is 12.1. The molecule has 0 aliphatic carbocycles. The highest BCUT2D eigenvalue weighted by atomic mass is 35.5. The number of halogens is 2. The molecule has 0 fully saturated rings. The molecule has 0 radical (unpaired) electrons. The number of rotatable bonds is 5. The van der Waals surface area contributed by atoms with E-state index in [2.05, 4.69) is 4.98 Å². The van der Waals surface area contributed by atoms with Crippen molar-refractivity contribution in [2.75, 3.05) is 0 Å².